The zero-order chi connectivity index (χ0) is 12.3. The first-order valence-electron chi connectivity index (χ1n) is 5.69. The molecular weight excluding hydrogens is 214 g/mol. The Balaban J connectivity index is 2.37. The van der Waals surface area contributed by atoms with Crippen LogP contribution in [0.3, 0.4) is 0 Å². The normalized spacial score (nSPS) is 15.7. The van der Waals surface area contributed by atoms with Gasteiger partial charge < -0.3 is 4.84 Å². The van der Waals surface area contributed by atoms with Gasteiger partial charge in [-0.15, -0.1) is 6.58 Å². The fraction of sp³-hybridized carbons (Fsp3) is 0.286. The van der Waals surface area contributed by atoms with E-state index in [1.165, 1.54) is 18.1 Å². The zero-order valence-electron chi connectivity index (χ0n) is 9.90. The molecule has 17 heavy (non-hydrogen) atoms. The summed E-state index contributed by atoms with van der Waals surface area (Å²) in [7, 11) is 0. The molecule has 0 unspecified atom stereocenters. The van der Waals surface area contributed by atoms with E-state index in [1.54, 1.807) is 0 Å². The molecule has 0 saturated carbocycles. The third-order valence-electron chi connectivity index (χ3n) is 2.81. The van der Waals surface area contributed by atoms with Crippen molar-refractivity contribution in [1.82, 2.24) is 0 Å². The lowest BCUT2D eigenvalue weighted by Gasteiger charge is -2.06. The third-order valence-corrected chi connectivity index (χ3v) is 2.81. The average Bonchev–Trinajstić information content (AvgIpc) is 2.71. The number of aryl methyl sites for hydroxylation is 1. The highest BCUT2D eigenvalue weighted by molar-refractivity contribution is 6.05. The molecule has 88 valence electrons. The second-order valence-electron chi connectivity index (χ2n) is 4.06. The largest absolute Gasteiger partial charge is 0.331 e. The van der Waals surface area contributed by atoms with E-state index in [4.69, 9.17) is 4.84 Å². The van der Waals surface area contributed by atoms with Crippen LogP contribution in [-0.2, 0) is 22.5 Å². The first-order valence-corrected chi connectivity index (χ1v) is 5.69. The number of fused-ring (bicyclic) bond motifs is 1. The highest BCUT2D eigenvalue weighted by atomic mass is 16.7. The average molecular weight is 229 g/mol. The summed E-state index contributed by atoms with van der Waals surface area (Å²) < 4.78 is 0. The predicted octanol–water partition coefficient (Wildman–Crippen LogP) is 2.63. The summed E-state index contributed by atoms with van der Waals surface area (Å²) in [4.78, 5) is 15.5. The maximum Gasteiger partial charge on any atom is 0.331 e. The van der Waals surface area contributed by atoms with E-state index in [1.807, 2.05) is 12.1 Å². The van der Waals surface area contributed by atoms with Crippen molar-refractivity contribution in [3.8, 4) is 0 Å². The van der Waals surface area contributed by atoms with E-state index in [0.717, 1.165) is 30.5 Å². The molecule has 3 nitrogen and oxygen atoms in total. The van der Waals surface area contributed by atoms with E-state index in [2.05, 4.69) is 23.9 Å². The Morgan fingerprint density at radius 2 is 2.35 bits per heavy atom. The number of benzene rings is 1. The standard InChI is InChI=1S/C14H15NO2/c1-3-5-11-6-4-7-12-8-9-13(14(11)12)15-17-10(2)16/h3-4,6-7H,1,5,8-9H2,2H3/b15-13+. The second kappa shape index (κ2) is 4.95. The Morgan fingerprint density at radius 1 is 1.53 bits per heavy atom. The van der Waals surface area contributed by atoms with E-state index in [-0.39, 0.29) is 5.97 Å². The van der Waals surface area contributed by atoms with Crippen molar-refractivity contribution in [3.63, 3.8) is 0 Å². The van der Waals surface area contributed by atoms with Gasteiger partial charge in [0, 0.05) is 12.5 Å². The Hall–Kier alpha value is -1.90. The summed E-state index contributed by atoms with van der Waals surface area (Å²) in [6.45, 7) is 5.11. The van der Waals surface area contributed by atoms with E-state index < -0.39 is 0 Å². The molecule has 0 bridgehead atoms. The number of nitrogens with zero attached hydrogens (tertiary/aromatic N) is 1. The van der Waals surface area contributed by atoms with Crippen LogP contribution < -0.4 is 0 Å². The Morgan fingerprint density at radius 3 is 3.06 bits per heavy atom. The number of allylic oxidation sites excluding steroid dienone is 1. The van der Waals surface area contributed by atoms with Gasteiger partial charge in [-0.25, -0.2) is 4.79 Å². The molecule has 0 radical (unpaired) electrons. The summed E-state index contributed by atoms with van der Waals surface area (Å²) in [5.74, 6) is -0.382. The highest BCUT2D eigenvalue weighted by Crippen LogP contribution is 2.26. The molecule has 0 spiro atoms. The Bertz CT molecular complexity index is 489. The first-order chi connectivity index (χ1) is 8.22. The minimum absolute atomic E-state index is 0.382. The second-order valence-corrected chi connectivity index (χ2v) is 4.06. The Labute approximate surface area is 101 Å². The minimum Gasteiger partial charge on any atom is -0.318 e. The third kappa shape index (κ3) is 2.44. The van der Waals surface area contributed by atoms with Gasteiger partial charge in [-0.2, -0.15) is 0 Å². The predicted molar refractivity (Wildman–Crippen MR) is 67.0 cm³/mol. The molecule has 2 rings (SSSR count). The Kier molecular flexibility index (Phi) is 3.38. The van der Waals surface area contributed by atoms with Gasteiger partial charge in [0.1, 0.15) is 0 Å². The molecule has 0 amide bonds. The summed E-state index contributed by atoms with van der Waals surface area (Å²) in [5.41, 5.74) is 4.47. The first kappa shape index (κ1) is 11.6. The van der Waals surface area contributed by atoms with Crippen LogP contribution in [0.4, 0.5) is 0 Å². The number of hydrogen-bond acceptors (Lipinski definition) is 3. The van der Waals surface area contributed by atoms with Crippen LogP contribution >= 0.6 is 0 Å². The maximum atomic E-state index is 10.8. The van der Waals surface area contributed by atoms with Crippen LogP contribution in [0.25, 0.3) is 0 Å². The molecule has 1 aliphatic rings. The zero-order valence-corrected chi connectivity index (χ0v) is 9.90. The van der Waals surface area contributed by atoms with E-state index in [0.29, 0.717) is 0 Å². The molecule has 0 N–H and O–H groups in total. The maximum absolute atomic E-state index is 10.8. The smallest absolute Gasteiger partial charge is 0.318 e. The van der Waals surface area contributed by atoms with Crippen molar-refractivity contribution in [2.75, 3.05) is 0 Å². The highest BCUT2D eigenvalue weighted by Gasteiger charge is 2.21. The monoisotopic (exact) mass is 229 g/mol. The molecule has 0 aromatic heterocycles. The lowest BCUT2D eigenvalue weighted by atomic mass is 10.0. The van der Waals surface area contributed by atoms with Crippen molar-refractivity contribution >= 4 is 11.7 Å². The van der Waals surface area contributed by atoms with Gasteiger partial charge in [0.05, 0.1) is 5.71 Å². The molecule has 0 aliphatic heterocycles. The van der Waals surface area contributed by atoms with Gasteiger partial charge in [-0.3, -0.25) is 0 Å². The van der Waals surface area contributed by atoms with Crippen LogP contribution in [0.2, 0.25) is 0 Å². The number of carbonyl (C=O) groups is 1. The molecule has 1 aliphatic carbocycles. The molecule has 1 aromatic carbocycles. The van der Waals surface area contributed by atoms with E-state index in [9.17, 15) is 4.79 Å². The molecule has 1 aromatic rings. The summed E-state index contributed by atoms with van der Waals surface area (Å²) in [6.07, 6.45) is 4.47. The van der Waals surface area contributed by atoms with Crippen molar-refractivity contribution in [3.05, 3.63) is 47.5 Å². The lowest BCUT2D eigenvalue weighted by Crippen LogP contribution is -2.03. The molecule has 0 atom stereocenters. The SMILES string of the molecule is C=CCc1cccc2c1/C(=N/OC(C)=O)CC2. The van der Waals surface area contributed by atoms with Gasteiger partial charge >= 0.3 is 5.97 Å². The van der Waals surface area contributed by atoms with Crippen LogP contribution in [-0.4, -0.2) is 11.7 Å². The topological polar surface area (TPSA) is 38.7 Å². The molecular formula is C14H15NO2. The quantitative estimate of drug-likeness (QED) is 0.454. The van der Waals surface area contributed by atoms with Gasteiger partial charge in [-0.05, 0) is 30.4 Å². The molecule has 0 saturated heterocycles. The fourth-order valence-corrected chi connectivity index (χ4v) is 2.15. The summed E-state index contributed by atoms with van der Waals surface area (Å²) in [6, 6.07) is 6.21. The van der Waals surface area contributed by atoms with Crippen molar-refractivity contribution in [2.24, 2.45) is 5.16 Å². The number of oxime groups is 1. The number of rotatable bonds is 3. The van der Waals surface area contributed by atoms with Crippen LogP contribution in [0, 0.1) is 0 Å². The number of carbonyl (C=O) groups excluding carboxylic acids is 1. The molecule has 3 heteroatoms. The number of hydrogen-bond donors (Lipinski definition) is 0. The summed E-state index contributed by atoms with van der Waals surface area (Å²) >= 11 is 0. The van der Waals surface area contributed by atoms with Gasteiger partial charge in [0.2, 0.25) is 0 Å². The van der Waals surface area contributed by atoms with Crippen LogP contribution in [0.5, 0.6) is 0 Å². The van der Waals surface area contributed by atoms with Gasteiger partial charge in [0.15, 0.2) is 0 Å². The van der Waals surface area contributed by atoms with E-state index >= 15 is 0 Å². The van der Waals surface area contributed by atoms with Crippen molar-refractivity contribution in [2.45, 2.75) is 26.2 Å². The van der Waals surface area contributed by atoms with Crippen molar-refractivity contribution in [1.29, 1.82) is 0 Å². The van der Waals surface area contributed by atoms with Gasteiger partial charge in [-0.1, -0.05) is 29.4 Å². The van der Waals surface area contributed by atoms with Crippen molar-refractivity contribution < 1.29 is 9.63 Å². The lowest BCUT2D eigenvalue weighted by molar-refractivity contribution is -0.140. The molecule has 0 fully saturated rings. The van der Waals surface area contributed by atoms with Crippen LogP contribution in [0.15, 0.2) is 36.0 Å². The summed E-state index contributed by atoms with van der Waals surface area (Å²) in [5, 5.41) is 3.94. The van der Waals surface area contributed by atoms with Crippen LogP contribution in [0.1, 0.15) is 30.0 Å². The fourth-order valence-electron chi connectivity index (χ4n) is 2.15. The minimum atomic E-state index is -0.382. The van der Waals surface area contributed by atoms with Gasteiger partial charge in [0.25, 0.3) is 0 Å². The molecule has 0 heterocycles.